The number of pyridine rings is 1. The van der Waals surface area contributed by atoms with E-state index in [9.17, 15) is 9.90 Å². The minimum absolute atomic E-state index is 0.0937. The molecule has 0 bridgehead atoms. The first kappa shape index (κ1) is 15.3. The third-order valence-electron chi connectivity index (χ3n) is 4.43. The molecule has 1 aromatic heterocycles. The van der Waals surface area contributed by atoms with Gasteiger partial charge in [-0.25, -0.2) is 4.98 Å². The summed E-state index contributed by atoms with van der Waals surface area (Å²) in [5, 5.41) is 11.6. The van der Waals surface area contributed by atoms with Crippen LogP contribution in [-0.2, 0) is 0 Å². The molecule has 0 fully saturated rings. The lowest BCUT2D eigenvalue weighted by Gasteiger charge is -2.23. The third kappa shape index (κ3) is 1.91. The molecule has 0 saturated carbocycles. The molecule has 6 nitrogen and oxygen atoms in total. The fraction of sp³-hybridized carbons (Fsp3) is 0.158. The van der Waals surface area contributed by atoms with Crippen molar-refractivity contribution in [3.63, 3.8) is 0 Å². The lowest BCUT2D eigenvalue weighted by atomic mass is 9.84. The number of aromatic nitrogens is 1. The number of aromatic hydroxyl groups is 1. The van der Waals surface area contributed by atoms with Crippen molar-refractivity contribution in [3.8, 4) is 34.3 Å². The number of rotatable bonds is 3. The Morgan fingerprint density at radius 2 is 1.76 bits per heavy atom. The van der Waals surface area contributed by atoms with E-state index in [1.165, 1.54) is 20.3 Å². The van der Waals surface area contributed by atoms with Gasteiger partial charge in [-0.1, -0.05) is 12.1 Å². The molecule has 1 aliphatic rings. The number of benzene rings is 2. The summed E-state index contributed by atoms with van der Waals surface area (Å²) in [7, 11) is 4.55. The predicted octanol–water partition coefficient (Wildman–Crippen LogP) is 3.18. The van der Waals surface area contributed by atoms with E-state index >= 15 is 0 Å². The van der Waals surface area contributed by atoms with Crippen LogP contribution >= 0.6 is 0 Å². The number of ether oxygens (including phenoxy) is 3. The number of ketones is 1. The van der Waals surface area contributed by atoms with Crippen LogP contribution in [0.15, 0.2) is 30.3 Å². The number of nitrogens with zero attached hydrogens (tertiary/aromatic N) is 1. The van der Waals surface area contributed by atoms with E-state index in [0.717, 1.165) is 0 Å². The molecule has 6 heteroatoms. The van der Waals surface area contributed by atoms with E-state index < -0.39 is 0 Å². The summed E-state index contributed by atoms with van der Waals surface area (Å²) < 4.78 is 16.3. The standard InChI is InChI=1S/C19H15NO5/c1-23-12-8-7-10-15-14(12)9-5-4-6-11(21)13(9)17(22)16(15)20-19(25-3)18(10)24-2/h4-8,21H,1-3H3. The van der Waals surface area contributed by atoms with Gasteiger partial charge in [0.05, 0.1) is 26.9 Å². The largest absolute Gasteiger partial charge is 0.507 e. The fourth-order valence-corrected chi connectivity index (χ4v) is 3.39. The first-order chi connectivity index (χ1) is 12.1. The van der Waals surface area contributed by atoms with Gasteiger partial charge in [0.25, 0.3) is 5.88 Å². The third-order valence-corrected chi connectivity index (χ3v) is 4.43. The Morgan fingerprint density at radius 1 is 0.960 bits per heavy atom. The molecule has 126 valence electrons. The second-order valence-electron chi connectivity index (χ2n) is 5.60. The number of phenols is 1. The zero-order valence-corrected chi connectivity index (χ0v) is 13.9. The molecule has 0 aliphatic heterocycles. The normalized spacial score (nSPS) is 12.0. The molecule has 1 aliphatic carbocycles. The highest BCUT2D eigenvalue weighted by Crippen LogP contribution is 2.49. The summed E-state index contributed by atoms with van der Waals surface area (Å²) in [5.41, 5.74) is 1.72. The fourth-order valence-electron chi connectivity index (χ4n) is 3.39. The number of methoxy groups -OCH3 is 3. The molecule has 4 rings (SSSR count). The molecule has 3 aromatic rings. The van der Waals surface area contributed by atoms with Gasteiger partial charge >= 0.3 is 0 Å². The average Bonchev–Trinajstić information content (AvgIpc) is 2.64. The van der Waals surface area contributed by atoms with Crippen molar-refractivity contribution in [2.75, 3.05) is 21.3 Å². The highest BCUT2D eigenvalue weighted by atomic mass is 16.5. The van der Waals surface area contributed by atoms with Crippen LogP contribution in [0.3, 0.4) is 0 Å². The van der Waals surface area contributed by atoms with Gasteiger partial charge in [0.15, 0.2) is 5.75 Å². The lowest BCUT2D eigenvalue weighted by Crippen LogP contribution is -2.14. The lowest BCUT2D eigenvalue weighted by molar-refractivity contribution is 0.103. The maximum absolute atomic E-state index is 13.0. The van der Waals surface area contributed by atoms with E-state index in [0.29, 0.717) is 33.4 Å². The van der Waals surface area contributed by atoms with Crippen LogP contribution in [0.2, 0.25) is 0 Å². The Kier molecular flexibility index (Phi) is 3.28. The van der Waals surface area contributed by atoms with Crippen LogP contribution in [0, 0.1) is 0 Å². The van der Waals surface area contributed by atoms with E-state index in [1.54, 1.807) is 25.3 Å². The topological polar surface area (TPSA) is 77.9 Å². The van der Waals surface area contributed by atoms with Gasteiger partial charge in [0.1, 0.15) is 17.2 Å². The maximum Gasteiger partial charge on any atom is 0.258 e. The Morgan fingerprint density at radius 3 is 2.44 bits per heavy atom. The van der Waals surface area contributed by atoms with Crippen LogP contribution in [0.4, 0.5) is 0 Å². The highest BCUT2D eigenvalue weighted by Gasteiger charge is 2.33. The van der Waals surface area contributed by atoms with Crippen LogP contribution in [0.25, 0.3) is 21.9 Å². The van der Waals surface area contributed by atoms with Gasteiger partial charge in [0.2, 0.25) is 5.78 Å². The van der Waals surface area contributed by atoms with Crippen molar-refractivity contribution in [1.82, 2.24) is 4.98 Å². The predicted molar refractivity (Wildman–Crippen MR) is 91.9 cm³/mol. The quantitative estimate of drug-likeness (QED) is 0.619. The molecule has 0 saturated heterocycles. The summed E-state index contributed by atoms with van der Waals surface area (Å²) in [4.78, 5) is 17.4. The molecular formula is C19H15NO5. The second kappa shape index (κ2) is 5.37. The number of fused-ring (bicyclic) bond motifs is 2. The monoisotopic (exact) mass is 337 g/mol. The van der Waals surface area contributed by atoms with Gasteiger partial charge in [-0.15, -0.1) is 0 Å². The molecule has 1 N–H and O–H groups in total. The van der Waals surface area contributed by atoms with Crippen molar-refractivity contribution in [1.29, 1.82) is 0 Å². The van der Waals surface area contributed by atoms with E-state index in [4.69, 9.17) is 14.2 Å². The molecule has 0 radical (unpaired) electrons. The molecule has 2 aromatic carbocycles. The number of carbonyl (C=O) groups is 1. The Labute approximate surface area is 143 Å². The first-order valence-electron chi connectivity index (χ1n) is 7.62. The maximum atomic E-state index is 13.0. The zero-order valence-electron chi connectivity index (χ0n) is 13.9. The SMILES string of the molecule is COc1ccc2c(OC)c(OC)nc3c2c1-c1cccc(O)c1C3=O. The Bertz CT molecular complexity index is 1040. The van der Waals surface area contributed by atoms with E-state index in [2.05, 4.69) is 4.98 Å². The van der Waals surface area contributed by atoms with Crippen LogP contribution in [0.1, 0.15) is 16.1 Å². The molecule has 1 heterocycles. The first-order valence-corrected chi connectivity index (χ1v) is 7.62. The van der Waals surface area contributed by atoms with Crippen molar-refractivity contribution in [2.24, 2.45) is 0 Å². The molecule has 0 unspecified atom stereocenters. The number of hydrogen-bond acceptors (Lipinski definition) is 6. The molecule has 25 heavy (non-hydrogen) atoms. The van der Waals surface area contributed by atoms with Crippen LogP contribution in [0.5, 0.6) is 23.1 Å². The summed E-state index contributed by atoms with van der Waals surface area (Å²) in [6.07, 6.45) is 0. The van der Waals surface area contributed by atoms with Crippen molar-refractivity contribution >= 4 is 16.6 Å². The molecule has 0 atom stereocenters. The highest BCUT2D eigenvalue weighted by molar-refractivity contribution is 6.27. The van der Waals surface area contributed by atoms with E-state index in [-0.39, 0.29) is 28.7 Å². The zero-order chi connectivity index (χ0) is 17.7. The number of phenolic OH excluding ortho intramolecular Hbond substituents is 1. The van der Waals surface area contributed by atoms with Gasteiger partial charge in [-0.3, -0.25) is 4.79 Å². The summed E-state index contributed by atoms with van der Waals surface area (Å²) in [6, 6.07) is 8.57. The second-order valence-corrected chi connectivity index (χ2v) is 5.60. The number of hydrogen-bond donors (Lipinski definition) is 1. The van der Waals surface area contributed by atoms with Crippen molar-refractivity contribution in [2.45, 2.75) is 0 Å². The molecule has 0 spiro atoms. The van der Waals surface area contributed by atoms with Crippen molar-refractivity contribution < 1.29 is 24.1 Å². The van der Waals surface area contributed by atoms with Gasteiger partial charge in [0, 0.05) is 21.9 Å². The summed E-state index contributed by atoms with van der Waals surface area (Å²) in [5.74, 6) is 0.792. The Hall–Kier alpha value is -3.28. The van der Waals surface area contributed by atoms with Crippen molar-refractivity contribution in [3.05, 3.63) is 41.6 Å². The number of carbonyl (C=O) groups excluding carboxylic acids is 1. The van der Waals surface area contributed by atoms with Gasteiger partial charge in [-0.05, 0) is 18.2 Å². The van der Waals surface area contributed by atoms with Gasteiger partial charge < -0.3 is 19.3 Å². The minimum Gasteiger partial charge on any atom is -0.507 e. The Balaban J connectivity index is 2.27. The average molecular weight is 337 g/mol. The summed E-state index contributed by atoms with van der Waals surface area (Å²) >= 11 is 0. The van der Waals surface area contributed by atoms with E-state index in [1.807, 2.05) is 6.07 Å². The summed E-state index contributed by atoms with van der Waals surface area (Å²) in [6.45, 7) is 0. The molecule has 0 amide bonds. The minimum atomic E-state index is -0.361. The van der Waals surface area contributed by atoms with Crippen LogP contribution < -0.4 is 14.2 Å². The van der Waals surface area contributed by atoms with Crippen LogP contribution in [-0.4, -0.2) is 37.2 Å². The van der Waals surface area contributed by atoms with Gasteiger partial charge in [-0.2, -0.15) is 0 Å². The smallest absolute Gasteiger partial charge is 0.258 e. The molecular weight excluding hydrogens is 322 g/mol.